The van der Waals surface area contributed by atoms with E-state index in [2.05, 4.69) is 21.2 Å². The number of para-hydroxylation sites is 1. The van der Waals surface area contributed by atoms with Crippen LogP contribution in [-0.4, -0.2) is 16.7 Å². The molecule has 1 atom stereocenters. The fourth-order valence-electron chi connectivity index (χ4n) is 3.62. The summed E-state index contributed by atoms with van der Waals surface area (Å²) >= 11 is 0. The smallest absolute Gasteiger partial charge is 0.261 e. The normalized spacial score (nSPS) is 11.7. The fraction of sp³-hybridized carbons (Fsp3) is 0.0769. The zero-order valence-corrected chi connectivity index (χ0v) is 17.1. The first-order valence-electron chi connectivity index (χ1n) is 10.0. The molecule has 6 nitrogen and oxygen atoms in total. The van der Waals surface area contributed by atoms with E-state index in [9.17, 15) is 15.3 Å². The van der Waals surface area contributed by atoms with Crippen molar-refractivity contribution in [3.8, 4) is 12.1 Å². The number of nitrogens with zero attached hydrogens (tertiary/aromatic N) is 4. The van der Waals surface area contributed by atoms with Crippen LogP contribution in [0.3, 0.4) is 0 Å². The SMILES string of the molecule is N#Cc1ccccc1Cn1cc(/C=N\NC(=O)[C@@H](C#N)c2ccccc2)c2ccccc21. The molecule has 0 aliphatic carbocycles. The van der Waals surface area contributed by atoms with Gasteiger partial charge in [0.15, 0.2) is 5.92 Å². The Hall–Kier alpha value is -4.68. The Morgan fingerprint density at radius 1 is 1.00 bits per heavy atom. The summed E-state index contributed by atoms with van der Waals surface area (Å²) in [6.07, 6.45) is 3.51. The quantitative estimate of drug-likeness (QED) is 0.374. The van der Waals surface area contributed by atoms with Gasteiger partial charge in [0.2, 0.25) is 0 Å². The number of benzene rings is 3. The van der Waals surface area contributed by atoms with Crippen LogP contribution in [0.5, 0.6) is 0 Å². The summed E-state index contributed by atoms with van der Waals surface area (Å²) in [6, 6.07) is 28.5. The maximum Gasteiger partial charge on any atom is 0.261 e. The summed E-state index contributed by atoms with van der Waals surface area (Å²) < 4.78 is 2.05. The topological polar surface area (TPSA) is 94.0 Å². The lowest BCUT2D eigenvalue weighted by atomic mass is 10.0. The lowest BCUT2D eigenvalue weighted by Gasteiger charge is -2.07. The monoisotopic (exact) mass is 417 g/mol. The zero-order chi connectivity index (χ0) is 22.3. The van der Waals surface area contributed by atoms with Crippen LogP contribution >= 0.6 is 0 Å². The predicted molar refractivity (Wildman–Crippen MR) is 123 cm³/mol. The van der Waals surface area contributed by atoms with Crippen molar-refractivity contribution in [2.24, 2.45) is 5.10 Å². The third kappa shape index (κ3) is 4.26. The highest BCUT2D eigenvalue weighted by atomic mass is 16.2. The Balaban J connectivity index is 1.57. The van der Waals surface area contributed by atoms with E-state index in [0.717, 1.165) is 22.0 Å². The first-order valence-corrected chi connectivity index (χ1v) is 10.0. The molecular weight excluding hydrogens is 398 g/mol. The van der Waals surface area contributed by atoms with Gasteiger partial charge < -0.3 is 4.57 Å². The molecule has 1 aromatic heterocycles. The van der Waals surface area contributed by atoms with E-state index >= 15 is 0 Å². The number of aromatic nitrogens is 1. The number of nitriles is 2. The summed E-state index contributed by atoms with van der Waals surface area (Å²) in [5.74, 6) is -1.42. The Bertz CT molecular complexity index is 1370. The summed E-state index contributed by atoms with van der Waals surface area (Å²) in [7, 11) is 0. The number of rotatable bonds is 6. The molecule has 4 aromatic rings. The van der Waals surface area contributed by atoms with E-state index in [1.165, 1.54) is 0 Å². The minimum Gasteiger partial charge on any atom is -0.342 e. The zero-order valence-electron chi connectivity index (χ0n) is 17.1. The predicted octanol–water partition coefficient (Wildman–Crippen LogP) is 4.32. The molecule has 154 valence electrons. The van der Waals surface area contributed by atoms with E-state index in [4.69, 9.17) is 0 Å². The number of carbonyl (C=O) groups is 1. The molecule has 3 aromatic carbocycles. The lowest BCUT2D eigenvalue weighted by Crippen LogP contribution is -2.24. The van der Waals surface area contributed by atoms with Gasteiger partial charge in [0.25, 0.3) is 5.91 Å². The van der Waals surface area contributed by atoms with Gasteiger partial charge >= 0.3 is 0 Å². The van der Waals surface area contributed by atoms with Crippen LogP contribution in [0.2, 0.25) is 0 Å². The van der Waals surface area contributed by atoms with Crippen molar-refractivity contribution >= 4 is 23.0 Å². The van der Waals surface area contributed by atoms with E-state index < -0.39 is 11.8 Å². The fourth-order valence-corrected chi connectivity index (χ4v) is 3.62. The summed E-state index contributed by atoms with van der Waals surface area (Å²) in [6.45, 7) is 0.537. The summed E-state index contributed by atoms with van der Waals surface area (Å²) in [5.41, 5.74) is 6.47. The Morgan fingerprint density at radius 2 is 1.72 bits per heavy atom. The van der Waals surface area contributed by atoms with Crippen LogP contribution in [0.15, 0.2) is 90.2 Å². The molecule has 0 unspecified atom stereocenters. The van der Waals surface area contributed by atoms with Crippen molar-refractivity contribution in [2.45, 2.75) is 12.5 Å². The molecule has 0 radical (unpaired) electrons. The molecule has 6 heteroatoms. The van der Waals surface area contributed by atoms with Crippen molar-refractivity contribution in [2.75, 3.05) is 0 Å². The first-order chi connectivity index (χ1) is 15.7. The Morgan fingerprint density at radius 3 is 2.50 bits per heavy atom. The Kier molecular flexibility index (Phi) is 6.06. The molecule has 1 amide bonds. The standard InChI is InChI=1S/C26H19N5O/c27-14-20-10-4-5-11-21(20)17-31-18-22(23-12-6-7-13-25(23)31)16-29-30-26(32)24(15-28)19-8-2-1-3-9-19/h1-13,16,18,24H,17H2,(H,30,32)/b29-16-/t24-/m0/s1. The van der Waals surface area contributed by atoms with Crippen LogP contribution in [0.25, 0.3) is 10.9 Å². The molecule has 0 saturated carbocycles. The van der Waals surface area contributed by atoms with Crippen molar-refractivity contribution in [1.82, 2.24) is 9.99 Å². The van der Waals surface area contributed by atoms with Gasteiger partial charge in [0.05, 0.1) is 23.9 Å². The second-order valence-corrected chi connectivity index (χ2v) is 7.21. The van der Waals surface area contributed by atoms with Gasteiger partial charge in [0.1, 0.15) is 0 Å². The molecule has 1 heterocycles. The lowest BCUT2D eigenvalue weighted by molar-refractivity contribution is -0.121. The maximum absolute atomic E-state index is 12.5. The van der Waals surface area contributed by atoms with Gasteiger partial charge in [-0.3, -0.25) is 4.79 Å². The molecule has 32 heavy (non-hydrogen) atoms. The molecule has 0 bridgehead atoms. The number of fused-ring (bicyclic) bond motifs is 1. The van der Waals surface area contributed by atoms with Crippen molar-refractivity contribution in [3.63, 3.8) is 0 Å². The van der Waals surface area contributed by atoms with Gasteiger partial charge in [-0.25, -0.2) is 5.43 Å². The molecular formula is C26H19N5O. The van der Waals surface area contributed by atoms with Gasteiger partial charge in [-0.2, -0.15) is 15.6 Å². The molecule has 4 rings (SSSR count). The van der Waals surface area contributed by atoms with Crippen molar-refractivity contribution in [1.29, 1.82) is 10.5 Å². The number of carbonyl (C=O) groups excluding carboxylic acids is 1. The van der Waals surface area contributed by atoms with Crippen LogP contribution in [-0.2, 0) is 11.3 Å². The van der Waals surface area contributed by atoms with Gasteiger partial charge in [0, 0.05) is 29.2 Å². The average molecular weight is 417 g/mol. The largest absolute Gasteiger partial charge is 0.342 e. The van der Waals surface area contributed by atoms with Crippen molar-refractivity contribution < 1.29 is 4.79 Å². The van der Waals surface area contributed by atoms with E-state index in [-0.39, 0.29) is 0 Å². The number of amides is 1. The van der Waals surface area contributed by atoms with Crippen LogP contribution in [0.1, 0.15) is 28.2 Å². The maximum atomic E-state index is 12.5. The van der Waals surface area contributed by atoms with Crippen LogP contribution in [0, 0.1) is 22.7 Å². The summed E-state index contributed by atoms with van der Waals surface area (Å²) in [4.78, 5) is 12.5. The van der Waals surface area contributed by atoms with Gasteiger partial charge in [-0.05, 0) is 23.3 Å². The van der Waals surface area contributed by atoms with Crippen LogP contribution in [0.4, 0.5) is 0 Å². The third-order valence-corrected chi connectivity index (χ3v) is 5.20. The second kappa shape index (κ2) is 9.42. The molecule has 0 fully saturated rings. The molecule has 1 N–H and O–H groups in total. The van der Waals surface area contributed by atoms with E-state index in [1.807, 2.05) is 60.8 Å². The highest BCUT2D eigenvalue weighted by Crippen LogP contribution is 2.22. The van der Waals surface area contributed by atoms with Gasteiger partial charge in [-0.1, -0.05) is 66.7 Å². The second-order valence-electron chi connectivity index (χ2n) is 7.21. The van der Waals surface area contributed by atoms with E-state index in [1.54, 1.807) is 36.5 Å². The minimum absolute atomic E-state index is 0.485. The highest BCUT2D eigenvalue weighted by Gasteiger charge is 2.19. The molecule has 0 aliphatic rings. The minimum atomic E-state index is -0.933. The number of hydrazone groups is 1. The van der Waals surface area contributed by atoms with E-state index in [0.29, 0.717) is 17.7 Å². The molecule has 0 saturated heterocycles. The average Bonchev–Trinajstić information content (AvgIpc) is 3.18. The van der Waals surface area contributed by atoms with Crippen LogP contribution < -0.4 is 5.43 Å². The highest BCUT2D eigenvalue weighted by molar-refractivity contribution is 6.00. The molecule has 0 spiro atoms. The molecule has 0 aliphatic heterocycles. The Labute approximate surface area is 185 Å². The number of nitrogens with one attached hydrogen (secondary N) is 1. The number of hydrogen-bond acceptors (Lipinski definition) is 4. The first kappa shape index (κ1) is 20.6. The van der Waals surface area contributed by atoms with Crippen molar-refractivity contribution in [3.05, 3.63) is 107 Å². The number of hydrogen-bond donors (Lipinski definition) is 1. The summed E-state index contributed by atoms with van der Waals surface area (Å²) in [5, 5.41) is 23.9. The third-order valence-electron chi connectivity index (χ3n) is 5.20. The van der Waals surface area contributed by atoms with Gasteiger partial charge in [-0.15, -0.1) is 0 Å².